The average molecular weight is 317 g/mol. The molecule has 21 heavy (non-hydrogen) atoms. The van der Waals surface area contributed by atoms with Crippen LogP contribution in [0.4, 0.5) is 5.69 Å². The van der Waals surface area contributed by atoms with Crippen molar-refractivity contribution in [3.8, 4) is 5.75 Å². The number of rotatable bonds is 8. The lowest BCUT2D eigenvalue weighted by Crippen LogP contribution is -2.35. The quantitative estimate of drug-likeness (QED) is 0.723. The van der Waals surface area contributed by atoms with Crippen molar-refractivity contribution in [3.05, 3.63) is 23.8 Å². The van der Waals surface area contributed by atoms with E-state index in [9.17, 15) is 4.79 Å². The summed E-state index contributed by atoms with van der Waals surface area (Å²) in [6.45, 7) is 4.97. The number of halogens is 1. The molecule has 0 saturated heterocycles. The van der Waals surface area contributed by atoms with Crippen LogP contribution >= 0.6 is 12.4 Å². The number of hydrogen-bond acceptors (Lipinski definition) is 4. The number of carbonyl (C=O) groups is 1. The first-order valence-corrected chi connectivity index (χ1v) is 6.87. The van der Waals surface area contributed by atoms with Gasteiger partial charge in [0, 0.05) is 12.8 Å². The maximum Gasteiger partial charge on any atom is 0.241 e. The van der Waals surface area contributed by atoms with E-state index in [0.29, 0.717) is 19.6 Å². The van der Waals surface area contributed by atoms with Crippen molar-refractivity contribution in [1.82, 2.24) is 0 Å². The molecule has 5 nitrogen and oxygen atoms in total. The first kappa shape index (κ1) is 19.7. The van der Waals surface area contributed by atoms with Gasteiger partial charge in [-0.05, 0) is 37.1 Å². The van der Waals surface area contributed by atoms with E-state index in [0.717, 1.165) is 23.4 Å². The van der Waals surface area contributed by atoms with Crippen molar-refractivity contribution in [2.24, 2.45) is 5.73 Å². The van der Waals surface area contributed by atoms with Gasteiger partial charge < -0.3 is 20.5 Å². The molecule has 1 aromatic rings. The predicted octanol–water partition coefficient (Wildman–Crippen LogP) is 2.51. The second-order valence-corrected chi connectivity index (χ2v) is 4.70. The molecule has 0 aliphatic heterocycles. The molecule has 0 fully saturated rings. The fourth-order valence-corrected chi connectivity index (χ4v) is 1.78. The Kier molecular flexibility index (Phi) is 9.78. The summed E-state index contributed by atoms with van der Waals surface area (Å²) in [6, 6.07) is 5.07. The third kappa shape index (κ3) is 6.80. The van der Waals surface area contributed by atoms with Gasteiger partial charge in [-0.25, -0.2) is 0 Å². The molecule has 3 N–H and O–H groups in total. The van der Waals surface area contributed by atoms with Gasteiger partial charge in [0.05, 0.1) is 12.6 Å². The Morgan fingerprint density at radius 3 is 2.67 bits per heavy atom. The summed E-state index contributed by atoms with van der Waals surface area (Å²) in [5.41, 5.74) is 7.49. The van der Waals surface area contributed by atoms with E-state index >= 15 is 0 Å². The monoisotopic (exact) mass is 316 g/mol. The Labute approximate surface area is 132 Å². The normalized spacial score (nSPS) is 11.4. The number of benzene rings is 1. The number of hydrogen-bond donors (Lipinski definition) is 2. The van der Waals surface area contributed by atoms with Crippen molar-refractivity contribution in [3.63, 3.8) is 0 Å². The highest BCUT2D eigenvalue weighted by atomic mass is 35.5. The van der Waals surface area contributed by atoms with E-state index in [1.807, 2.05) is 32.0 Å². The van der Waals surface area contributed by atoms with Crippen LogP contribution in [0.25, 0.3) is 0 Å². The lowest BCUT2D eigenvalue weighted by Gasteiger charge is -2.14. The summed E-state index contributed by atoms with van der Waals surface area (Å²) in [5, 5.41) is 2.85. The number of methoxy groups -OCH3 is 1. The summed E-state index contributed by atoms with van der Waals surface area (Å²) >= 11 is 0. The zero-order valence-electron chi connectivity index (χ0n) is 12.8. The molecule has 6 heteroatoms. The molecule has 0 aliphatic carbocycles. The van der Waals surface area contributed by atoms with Crippen LogP contribution in [0, 0.1) is 6.92 Å². The molecule has 1 rings (SSSR count). The van der Waals surface area contributed by atoms with Crippen molar-refractivity contribution >= 4 is 24.0 Å². The van der Waals surface area contributed by atoms with Gasteiger partial charge in [0.1, 0.15) is 12.4 Å². The van der Waals surface area contributed by atoms with Gasteiger partial charge in [0.25, 0.3) is 0 Å². The van der Waals surface area contributed by atoms with Gasteiger partial charge in [0.2, 0.25) is 5.91 Å². The van der Waals surface area contributed by atoms with Crippen molar-refractivity contribution in [1.29, 1.82) is 0 Å². The van der Waals surface area contributed by atoms with Gasteiger partial charge in [-0.15, -0.1) is 12.4 Å². The van der Waals surface area contributed by atoms with Crippen LogP contribution in [0.15, 0.2) is 18.2 Å². The fraction of sp³-hybridized carbons (Fsp3) is 0.533. The summed E-state index contributed by atoms with van der Waals surface area (Å²) in [7, 11) is 1.63. The Morgan fingerprint density at radius 1 is 1.38 bits per heavy atom. The Hall–Kier alpha value is -1.30. The van der Waals surface area contributed by atoms with Gasteiger partial charge in [0.15, 0.2) is 0 Å². The maximum atomic E-state index is 11.9. The minimum atomic E-state index is -0.461. The fourth-order valence-electron chi connectivity index (χ4n) is 1.78. The van der Waals surface area contributed by atoms with Crippen LogP contribution in [-0.2, 0) is 9.53 Å². The summed E-state index contributed by atoms with van der Waals surface area (Å²) in [5.74, 6) is 0.610. The van der Waals surface area contributed by atoms with Gasteiger partial charge in [-0.2, -0.15) is 0 Å². The Morgan fingerprint density at radius 2 is 2.10 bits per heavy atom. The minimum absolute atomic E-state index is 0. The maximum absolute atomic E-state index is 11.9. The lowest BCUT2D eigenvalue weighted by molar-refractivity contribution is -0.117. The summed E-state index contributed by atoms with van der Waals surface area (Å²) in [4.78, 5) is 11.9. The largest absolute Gasteiger partial charge is 0.491 e. The molecule has 0 saturated carbocycles. The van der Waals surface area contributed by atoms with E-state index in [4.69, 9.17) is 15.2 Å². The first-order valence-electron chi connectivity index (χ1n) is 6.87. The molecule has 0 aliphatic rings. The molecule has 0 heterocycles. The number of carbonyl (C=O) groups excluding carboxylic acids is 1. The third-order valence-corrected chi connectivity index (χ3v) is 2.95. The number of anilines is 1. The van der Waals surface area contributed by atoms with Crippen LogP contribution < -0.4 is 15.8 Å². The van der Waals surface area contributed by atoms with Crippen molar-refractivity contribution in [2.75, 3.05) is 25.6 Å². The van der Waals surface area contributed by atoms with Crippen molar-refractivity contribution < 1.29 is 14.3 Å². The zero-order valence-corrected chi connectivity index (χ0v) is 13.7. The minimum Gasteiger partial charge on any atom is -0.491 e. The Bertz CT molecular complexity index is 441. The highest BCUT2D eigenvalue weighted by molar-refractivity contribution is 5.95. The third-order valence-electron chi connectivity index (χ3n) is 2.95. The SMILES string of the molecule is CCCC(N)C(=O)Nc1ccc(OCCOC)cc1C.Cl. The number of amides is 1. The second-order valence-electron chi connectivity index (χ2n) is 4.70. The second kappa shape index (κ2) is 10.4. The topological polar surface area (TPSA) is 73.6 Å². The van der Waals surface area contributed by atoms with Crippen LogP contribution in [0.5, 0.6) is 5.75 Å². The lowest BCUT2D eigenvalue weighted by atomic mass is 10.1. The molecule has 0 radical (unpaired) electrons. The van der Waals surface area contributed by atoms with E-state index < -0.39 is 6.04 Å². The first-order chi connectivity index (χ1) is 9.58. The molecular weight excluding hydrogens is 292 g/mol. The highest BCUT2D eigenvalue weighted by Gasteiger charge is 2.13. The molecule has 0 spiro atoms. The predicted molar refractivity (Wildman–Crippen MR) is 87.3 cm³/mol. The Balaban J connectivity index is 0.00000400. The van der Waals surface area contributed by atoms with Gasteiger partial charge >= 0.3 is 0 Å². The highest BCUT2D eigenvalue weighted by Crippen LogP contribution is 2.21. The van der Waals surface area contributed by atoms with Crippen LogP contribution in [0.3, 0.4) is 0 Å². The van der Waals surface area contributed by atoms with Crippen LogP contribution in [0.1, 0.15) is 25.3 Å². The molecule has 1 unspecified atom stereocenters. The van der Waals surface area contributed by atoms with E-state index in [1.165, 1.54) is 0 Å². The molecular formula is C15H25ClN2O3. The van der Waals surface area contributed by atoms with E-state index in [-0.39, 0.29) is 18.3 Å². The van der Waals surface area contributed by atoms with E-state index in [1.54, 1.807) is 7.11 Å². The van der Waals surface area contributed by atoms with Gasteiger partial charge in [-0.1, -0.05) is 13.3 Å². The average Bonchev–Trinajstić information content (AvgIpc) is 2.42. The molecule has 120 valence electrons. The standard InChI is InChI=1S/C15H24N2O3.ClH/c1-4-5-13(16)15(18)17-14-7-6-12(10-11(14)2)20-9-8-19-3;/h6-7,10,13H,4-5,8-9,16H2,1-3H3,(H,17,18);1H. The molecule has 0 bridgehead atoms. The van der Waals surface area contributed by atoms with Crippen LogP contribution in [0.2, 0.25) is 0 Å². The van der Waals surface area contributed by atoms with Gasteiger partial charge in [-0.3, -0.25) is 4.79 Å². The molecule has 1 aromatic carbocycles. The number of ether oxygens (including phenoxy) is 2. The zero-order chi connectivity index (χ0) is 15.0. The number of nitrogens with two attached hydrogens (primary N) is 1. The molecule has 1 atom stereocenters. The number of aryl methyl sites for hydroxylation is 1. The number of nitrogens with one attached hydrogen (secondary N) is 1. The van der Waals surface area contributed by atoms with Crippen LogP contribution in [-0.4, -0.2) is 32.3 Å². The molecule has 0 aromatic heterocycles. The summed E-state index contributed by atoms with van der Waals surface area (Å²) < 4.78 is 10.4. The summed E-state index contributed by atoms with van der Waals surface area (Å²) in [6.07, 6.45) is 1.57. The van der Waals surface area contributed by atoms with Crippen molar-refractivity contribution in [2.45, 2.75) is 32.7 Å². The smallest absolute Gasteiger partial charge is 0.241 e. The molecule has 1 amide bonds. The van der Waals surface area contributed by atoms with E-state index in [2.05, 4.69) is 5.32 Å².